The minimum absolute atomic E-state index is 0.339. The second kappa shape index (κ2) is 11.1. The van der Waals surface area contributed by atoms with Crippen LogP contribution in [0.3, 0.4) is 0 Å². The molecule has 0 spiro atoms. The van der Waals surface area contributed by atoms with Crippen LogP contribution in [0.2, 0.25) is 5.02 Å². The van der Waals surface area contributed by atoms with Gasteiger partial charge < -0.3 is 24.8 Å². The zero-order valence-electron chi connectivity index (χ0n) is 22.0. The molecule has 10 heteroatoms. The molecule has 1 aliphatic heterocycles. The molecule has 1 atom stereocenters. The van der Waals surface area contributed by atoms with Crippen molar-refractivity contribution >= 4 is 29.1 Å². The van der Waals surface area contributed by atoms with Gasteiger partial charge in [-0.1, -0.05) is 48.0 Å². The van der Waals surface area contributed by atoms with Gasteiger partial charge in [0, 0.05) is 17.8 Å². The van der Waals surface area contributed by atoms with Crippen LogP contribution in [0, 0.1) is 6.92 Å². The SMILES string of the molecule is COc1cc(NC(=O)C2=C(C)Nc3ncnn3[C@@H]2c2ccc(OCc3ccccc3C)cc2)c(OC)cc1Cl. The summed E-state index contributed by atoms with van der Waals surface area (Å²) in [5, 5.41) is 10.9. The van der Waals surface area contributed by atoms with Crippen LogP contribution < -0.4 is 24.8 Å². The number of rotatable bonds is 8. The summed E-state index contributed by atoms with van der Waals surface area (Å²) >= 11 is 6.25. The van der Waals surface area contributed by atoms with E-state index in [1.165, 1.54) is 26.1 Å². The Morgan fingerprint density at radius 3 is 2.51 bits per heavy atom. The number of nitrogens with one attached hydrogen (secondary N) is 2. The topological polar surface area (TPSA) is 99.5 Å². The van der Waals surface area contributed by atoms with Crippen LogP contribution in [-0.4, -0.2) is 34.9 Å². The maximum Gasteiger partial charge on any atom is 0.255 e. The van der Waals surface area contributed by atoms with Crippen molar-refractivity contribution in [2.75, 3.05) is 24.9 Å². The van der Waals surface area contributed by atoms with Crippen molar-refractivity contribution < 1.29 is 19.0 Å². The number of allylic oxidation sites excluding steroid dienone is 1. The maximum absolute atomic E-state index is 13.8. The number of fused-ring (bicyclic) bond motifs is 1. The molecule has 4 aromatic rings. The average molecular weight is 546 g/mol. The summed E-state index contributed by atoms with van der Waals surface area (Å²) in [6, 6.07) is 18.5. The molecular formula is C29H28ClN5O4. The second-order valence-electron chi connectivity index (χ2n) is 9.02. The molecule has 5 rings (SSSR count). The first-order valence-corrected chi connectivity index (χ1v) is 12.6. The Morgan fingerprint density at radius 1 is 1.05 bits per heavy atom. The van der Waals surface area contributed by atoms with Crippen LogP contribution in [0.5, 0.6) is 17.2 Å². The monoisotopic (exact) mass is 545 g/mol. The van der Waals surface area contributed by atoms with Gasteiger partial charge in [0.05, 0.1) is 30.5 Å². The van der Waals surface area contributed by atoms with Gasteiger partial charge in [0.1, 0.15) is 36.2 Å². The lowest BCUT2D eigenvalue weighted by molar-refractivity contribution is -0.113. The van der Waals surface area contributed by atoms with E-state index >= 15 is 0 Å². The summed E-state index contributed by atoms with van der Waals surface area (Å²) in [6.07, 6.45) is 1.45. The Balaban J connectivity index is 1.44. The minimum Gasteiger partial charge on any atom is -0.495 e. The van der Waals surface area contributed by atoms with E-state index in [4.69, 9.17) is 25.8 Å². The average Bonchev–Trinajstić information content (AvgIpc) is 3.41. The predicted octanol–water partition coefficient (Wildman–Crippen LogP) is 5.76. The highest BCUT2D eigenvalue weighted by atomic mass is 35.5. The summed E-state index contributed by atoms with van der Waals surface area (Å²) in [7, 11) is 3.02. The van der Waals surface area contributed by atoms with Gasteiger partial charge in [-0.05, 0) is 42.7 Å². The quantitative estimate of drug-likeness (QED) is 0.290. The molecule has 2 N–H and O–H groups in total. The summed E-state index contributed by atoms with van der Waals surface area (Å²) in [5.74, 6) is 1.74. The fraction of sp³-hybridized carbons (Fsp3) is 0.207. The molecule has 0 radical (unpaired) electrons. The lowest BCUT2D eigenvalue weighted by atomic mass is 9.95. The number of carbonyl (C=O) groups is 1. The molecule has 0 saturated carbocycles. The number of ether oxygens (including phenoxy) is 3. The van der Waals surface area contributed by atoms with Gasteiger partial charge in [-0.15, -0.1) is 0 Å². The lowest BCUT2D eigenvalue weighted by Gasteiger charge is -2.29. The molecule has 2 heterocycles. The van der Waals surface area contributed by atoms with Crippen LogP contribution in [0.15, 0.2) is 78.3 Å². The largest absolute Gasteiger partial charge is 0.495 e. The highest BCUT2D eigenvalue weighted by Gasteiger charge is 2.34. The van der Waals surface area contributed by atoms with E-state index in [0.717, 1.165) is 16.9 Å². The van der Waals surface area contributed by atoms with Crippen LogP contribution in [0.25, 0.3) is 0 Å². The van der Waals surface area contributed by atoms with Crippen LogP contribution >= 0.6 is 11.6 Å². The second-order valence-corrected chi connectivity index (χ2v) is 9.43. The van der Waals surface area contributed by atoms with E-state index in [0.29, 0.717) is 46.0 Å². The first kappa shape index (κ1) is 26.1. The minimum atomic E-state index is -0.533. The number of anilines is 2. The van der Waals surface area contributed by atoms with Gasteiger partial charge in [0.25, 0.3) is 5.91 Å². The molecule has 1 amide bonds. The Bertz CT molecular complexity index is 1550. The molecule has 200 valence electrons. The van der Waals surface area contributed by atoms with Crippen molar-refractivity contribution in [1.82, 2.24) is 14.8 Å². The van der Waals surface area contributed by atoms with E-state index in [1.54, 1.807) is 16.8 Å². The number of halogens is 1. The third kappa shape index (κ3) is 5.26. The summed E-state index contributed by atoms with van der Waals surface area (Å²) in [5.41, 5.74) is 4.69. The standard InChI is InChI=1S/C29H28ClN5O4/c1-17-7-5-6-8-20(17)15-39-21-11-9-19(10-12-21)27-26(18(2)33-29-31-16-32-35(27)29)28(36)34-23-14-24(37-3)22(30)13-25(23)38-4/h5-14,16,27H,15H2,1-4H3,(H,34,36)(H,31,32,33)/t27-/m1/s1. The summed E-state index contributed by atoms with van der Waals surface area (Å²) in [4.78, 5) is 18.1. The molecule has 0 unspecified atom stereocenters. The zero-order chi connectivity index (χ0) is 27.5. The Morgan fingerprint density at radius 2 is 1.79 bits per heavy atom. The third-order valence-corrected chi connectivity index (χ3v) is 6.91. The smallest absolute Gasteiger partial charge is 0.255 e. The van der Waals surface area contributed by atoms with E-state index < -0.39 is 6.04 Å². The van der Waals surface area contributed by atoms with Crippen molar-refractivity contribution in [1.29, 1.82) is 0 Å². The van der Waals surface area contributed by atoms with E-state index in [-0.39, 0.29) is 5.91 Å². The van der Waals surface area contributed by atoms with Crippen LogP contribution in [0.4, 0.5) is 11.6 Å². The first-order chi connectivity index (χ1) is 18.9. The molecule has 39 heavy (non-hydrogen) atoms. The van der Waals surface area contributed by atoms with Gasteiger partial charge in [0.2, 0.25) is 5.95 Å². The maximum atomic E-state index is 13.8. The van der Waals surface area contributed by atoms with E-state index in [9.17, 15) is 4.79 Å². The normalized spacial score (nSPS) is 14.3. The van der Waals surface area contributed by atoms with Crippen molar-refractivity contribution in [3.05, 3.63) is 100.0 Å². The van der Waals surface area contributed by atoms with E-state index in [2.05, 4.69) is 39.8 Å². The number of aromatic nitrogens is 3. The van der Waals surface area contributed by atoms with Gasteiger partial charge in [0.15, 0.2) is 0 Å². The lowest BCUT2D eigenvalue weighted by Crippen LogP contribution is -2.31. The molecule has 0 aliphatic carbocycles. The van der Waals surface area contributed by atoms with Crippen molar-refractivity contribution in [2.45, 2.75) is 26.5 Å². The fourth-order valence-electron chi connectivity index (χ4n) is 4.52. The molecule has 0 saturated heterocycles. The number of aryl methyl sites for hydroxylation is 1. The highest BCUT2D eigenvalue weighted by molar-refractivity contribution is 6.32. The number of nitrogens with zero attached hydrogens (tertiary/aromatic N) is 3. The van der Waals surface area contributed by atoms with Crippen molar-refractivity contribution in [3.8, 4) is 17.2 Å². The number of benzene rings is 3. The van der Waals surface area contributed by atoms with Crippen LogP contribution in [-0.2, 0) is 11.4 Å². The molecule has 0 bridgehead atoms. The van der Waals surface area contributed by atoms with Gasteiger partial charge in [-0.2, -0.15) is 10.1 Å². The molecule has 1 aromatic heterocycles. The number of methoxy groups -OCH3 is 2. The highest BCUT2D eigenvalue weighted by Crippen LogP contribution is 2.39. The summed E-state index contributed by atoms with van der Waals surface area (Å²) in [6.45, 7) is 4.36. The van der Waals surface area contributed by atoms with Gasteiger partial charge in [-0.25, -0.2) is 4.68 Å². The Hall–Kier alpha value is -4.50. The molecular weight excluding hydrogens is 518 g/mol. The zero-order valence-corrected chi connectivity index (χ0v) is 22.7. The van der Waals surface area contributed by atoms with Gasteiger partial charge >= 0.3 is 0 Å². The molecule has 0 fully saturated rings. The number of amides is 1. The van der Waals surface area contributed by atoms with Crippen LogP contribution in [0.1, 0.15) is 29.7 Å². The number of hydrogen-bond acceptors (Lipinski definition) is 7. The first-order valence-electron chi connectivity index (χ1n) is 12.3. The molecule has 9 nitrogen and oxygen atoms in total. The number of hydrogen-bond donors (Lipinski definition) is 2. The van der Waals surface area contributed by atoms with E-state index in [1.807, 2.05) is 43.3 Å². The summed E-state index contributed by atoms with van der Waals surface area (Å²) < 4.78 is 18.5. The van der Waals surface area contributed by atoms with Gasteiger partial charge in [-0.3, -0.25) is 4.79 Å². The Kier molecular flexibility index (Phi) is 7.42. The fourth-order valence-corrected chi connectivity index (χ4v) is 4.75. The van der Waals surface area contributed by atoms with Crippen molar-refractivity contribution in [2.24, 2.45) is 0 Å². The van der Waals surface area contributed by atoms with Crippen molar-refractivity contribution in [3.63, 3.8) is 0 Å². The number of carbonyl (C=O) groups excluding carboxylic acids is 1. The third-order valence-electron chi connectivity index (χ3n) is 6.61. The molecule has 3 aromatic carbocycles. The molecule has 1 aliphatic rings. The predicted molar refractivity (Wildman–Crippen MR) is 150 cm³/mol. The Labute approximate surface area is 231 Å².